The number of rotatable bonds is 3. The van der Waals surface area contributed by atoms with Crippen molar-refractivity contribution in [3.05, 3.63) is 21.9 Å². The molecule has 0 amide bonds. The van der Waals surface area contributed by atoms with E-state index in [2.05, 4.69) is 15.9 Å². The van der Waals surface area contributed by atoms with Crippen LogP contribution in [0.1, 0.15) is 18.4 Å². The van der Waals surface area contributed by atoms with Crippen LogP contribution in [0, 0.1) is 5.82 Å². The lowest BCUT2D eigenvalue weighted by atomic mass is 10.1. The SMILES string of the molecule is O=CCCc1cc2c(c(Br)c1F)OCCCO2. The molecule has 0 aliphatic carbocycles. The van der Waals surface area contributed by atoms with Crippen LogP contribution in [0.4, 0.5) is 4.39 Å². The number of carbonyl (C=O) groups is 1. The molecule has 17 heavy (non-hydrogen) atoms. The molecule has 1 aliphatic rings. The smallest absolute Gasteiger partial charge is 0.178 e. The summed E-state index contributed by atoms with van der Waals surface area (Å²) in [4.78, 5) is 10.3. The Hall–Kier alpha value is -1.10. The first-order valence-corrected chi connectivity index (χ1v) is 6.23. The predicted molar refractivity (Wildman–Crippen MR) is 64.1 cm³/mol. The van der Waals surface area contributed by atoms with E-state index in [1.807, 2.05) is 0 Å². The summed E-state index contributed by atoms with van der Waals surface area (Å²) in [5, 5.41) is 0. The lowest BCUT2D eigenvalue weighted by Gasteiger charge is -2.12. The summed E-state index contributed by atoms with van der Waals surface area (Å²) in [5.74, 6) is 0.572. The minimum Gasteiger partial charge on any atom is -0.490 e. The zero-order chi connectivity index (χ0) is 12.3. The Morgan fingerprint density at radius 1 is 1.41 bits per heavy atom. The first-order chi connectivity index (χ1) is 8.24. The van der Waals surface area contributed by atoms with Crippen molar-refractivity contribution < 1.29 is 18.7 Å². The van der Waals surface area contributed by atoms with Crippen molar-refractivity contribution in [2.75, 3.05) is 13.2 Å². The fourth-order valence-corrected chi connectivity index (χ4v) is 2.25. The molecule has 1 aromatic carbocycles. The second-order valence-corrected chi connectivity index (χ2v) is 4.54. The molecule has 3 nitrogen and oxygen atoms in total. The maximum Gasteiger partial charge on any atom is 0.178 e. The average Bonchev–Trinajstić information content (AvgIpc) is 2.57. The van der Waals surface area contributed by atoms with Crippen molar-refractivity contribution in [1.29, 1.82) is 0 Å². The zero-order valence-corrected chi connectivity index (χ0v) is 10.8. The summed E-state index contributed by atoms with van der Waals surface area (Å²) in [6, 6.07) is 1.62. The number of fused-ring (bicyclic) bond motifs is 1. The molecule has 0 radical (unpaired) electrons. The fourth-order valence-electron chi connectivity index (χ4n) is 1.69. The lowest BCUT2D eigenvalue weighted by Crippen LogP contribution is -1.99. The Balaban J connectivity index is 2.39. The molecule has 1 aliphatic heterocycles. The Kier molecular flexibility index (Phi) is 3.99. The van der Waals surface area contributed by atoms with E-state index in [1.165, 1.54) is 0 Å². The first-order valence-electron chi connectivity index (χ1n) is 5.44. The normalized spacial score (nSPS) is 14.2. The van der Waals surface area contributed by atoms with Crippen LogP contribution in [0.2, 0.25) is 0 Å². The van der Waals surface area contributed by atoms with Crippen LogP contribution in [0.5, 0.6) is 11.5 Å². The highest BCUT2D eigenvalue weighted by Gasteiger charge is 2.20. The Labute approximate surface area is 107 Å². The van der Waals surface area contributed by atoms with Gasteiger partial charge in [-0.1, -0.05) is 0 Å². The summed E-state index contributed by atoms with van der Waals surface area (Å²) < 4.78 is 25.2. The molecule has 0 bridgehead atoms. The van der Waals surface area contributed by atoms with Gasteiger partial charge in [-0.05, 0) is 34.0 Å². The Morgan fingerprint density at radius 3 is 2.94 bits per heavy atom. The van der Waals surface area contributed by atoms with Crippen LogP contribution in [0.15, 0.2) is 10.5 Å². The van der Waals surface area contributed by atoms with Gasteiger partial charge in [-0.2, -0.15) is 0 Å². The summed E-state index contributed by atoms with van der Waals surface area (Å²) >= 11 is 3.18. The number of aryl methyl sites for hydroxylation is 1. The van der Waals surface area contributed by atoms with E-state index >= 15 is 0 Å². The summed E-state index contributed by atoms with van der Waals surface area (Å²) in [6.45, 7) is 1.07. The third-order valence-electron chi connectivity index (χ3n) is 2.53. The number of halogens is 2. The highest BCUT2D eigenvalue weighted by Crippen LogP contribution is 2.40. The predicted octanol–water partition coefficient (Wildman–Crippen LogP) is 2.88. The monoisotopic (exact) mass is 302 g/mol. The van der Waals surface area contributed by atoms with Gasteiger partial charge in [0.05, 0.1) is 17.7 Å². The van der Waals surface area contributed by atoms with Gasteiger partial charge in [0, 0.05) is 12.8 Å². The van der Waals surface area contributed by atoms with Crippen molar-refractivity contribution in [3.63, 3.8) is 0 Å². The van der Waals surface area contributed by atoms with Gasteiger partial charge in [0.1, 0.15) is 12.1 Å². The van der Waals surface area contributed by atoms with Gasteiger partial charge in [0.2, 0.25) is 0 Å². The standard InChI is InChI=1S/C12H12BrFO3/c13-10-11(14)8(3-1-4-15)7-9-12(10)17-6-2-5-16-9/h4,7H,1-3,5-6H2. The van der Waals surface area contributed by atoms with Crippen LogP contribution in [0.25, 0.3) is 0 Å². The minimum absolute atomic E-state index is 0.276. The van der Waals surface area contributed by atoms with Gasteiger partial charge in [-0.25, -0.2) is 4.39 Å². The molecule has 0 N–H and O–H groups in total. The molecule has 1 heterocycles. The van der Waals surface area contributed by atoms with E-state index in [0.29, 0.717) is 43.1 Å². The molecule has 0 unspecified atom stereocenters. The van der Waals surface area contributed by atoms with Crippen molar-refractivity contribution >= 4 is 22.2 Å². The quantitative estimate of drug-likeness (QED) is 0.806. The van der Waals surface area contributed by atoms with Gasteiger partial charge >= 0.3 is 0 Å². The molecule has 0 aromatic heterocycles. The van der Waals surface area contributed by atoms with Gasteiger partial charge in [-0.3, -0.25) is 0 Å². The summed E-state index contributed by atoms with van der Waals surface area (Å²) in [6.07, 6.45) is 2.20. The van der Waals surface area contributed by atoms with Gasteiger partial charge < -0.3 is 14.3 Å². The van der Waals surface area contributed by atoms with Crippen LogP contribution in [0.3, 0.4) is 0 Å². The summed E-state index contributed by atoms with van der Waals surface area (Å²) in [7, 11) is 0. The molecule has 5 heteroatoms. The number of hydrogen-bond acceptors (Lipinski definition) is 3. The molecule has 0 fully saturated rings. The Bertz CT molecular complexity index is 434. The van der Waals surface area contributed by atoms with E-state index in [0.717, 1.165) is 12.7 Å². The van der Waals surface area contributed by atoms with Crippen molar-refractivity contribution in [3.8, 4) is 11.5 Å². The number of carbonyl (C=O) groups excluding carboxylic acids is 1. The second-order valence-electron chi connectivity index (χ2n) is 3.75. The third kappa shape index (κ3) is 2.60. The zero-order valence-electron chi connectivity index (χ0n) is 9.17. The van der Waals surface area contributed by atoms with E-state index in [1.54, 1.807) is 6.07 Å². The van der Waals surface area contributed by atoms with Gasteiger partial charge in [0.15, 0.2) is 11.5 Å². The molecule has 0 saturated carbocycles. The minimum atomic E-state index is -0.379. The molecular weight excluding hydrogens is 291 g/mol. The molecule has 0 saturated heterocycles. The van der Waals surface area contributed by atoms with Crippen LogP contribution in [-0.4, -0.2) is 19.5 Å². The van der Waals surface area contributed by atoms with Gasteiger partial charge in [0.25, 0.3) is 0 Å². The molecular formula is C12H12BrFO3. The van der Waals surface area contributed by atoms with Gasteiger partial charge in [-0.15, -0.1) is 0 Å². The number of benzene rings is 1. The summed E-state index contributed by atoms with van der Waals surface area (Å²) in [5.41, 5.74) is 0.466. The van der Waals surface area contributed by atoms with Crippen LogP contribution in [-0.2, 0) is 11.2 Å². The van der Waals surface area contributed by atoms with Crippen LogP contribution >= 0.6 is 15.9 Å². The lowest BCUT2D eigenvalue weighted by molar-refractivity contribution is -0.107. The first kappa shape index (κ1) is 12.4. The highest BCUT2D eigenvalue weighted by molar-refractivity contribution is 9.10. The van der Waals surface area contributed by atoms with Crippen molar-refractivity contribution in [2.45, 2.75) is 19.3 Å². The Morgan fingerprint density at radius 2 is 2.18 bits per heavy atom. The molecule has 0 spiro atoms. The fraction of sp³-hybridized carbons (Fsp3) is 0.417. The number of hydrogen-bond donors (Lipinski definition) is 0. The topological polar surface area (TPSA) is 35.5 Å². The molecule has 1 aromatic rings. The third-order valence-corrected chi connectivity index (χ3v) is 3.24. The number of ether oxygens (including phenoxy) is 2. The van der Waals surface area contributed by atoms with E-state index in [-0.39, 0.29) is 10.3 Å². The van der Waals surface area contributed by atoms with E-state index in [4.69, 9.17) is 9.47 Å². The highest BCUT2D eigenvalue weighted by atomic mass is 79.9. The molecule has 0 atom stereocenters. The maximum atomic E-state index is 13.9. The molecule has 2 rings (SSSR count). The maximum absolute atomic E-state index is 13.9. The van der Waals surface area contributed by atoms with Crippen molar-refractivity contribution in [2.24, 2.45) is 0 Å². The van der Waals surface area contributed by atoms with E-state index in [9.17, 15) is 9.18 Å². The molecule has 92 valence electrons. The number of aldehydes is 1. The largest absolute Gasteiger partial charge is 0.490 e. The van der Waals surface area contributed by atoms with Crippen LogP contribution < -0.4 is 9.47 Å². The van der Waals surface area contributed by atoms with E-state index < -0.39 is 0 Å². The average molecular weight is 303 g/mol. The second kappa shape index (κ2) is 5.49. The van der Waals surface area contributed by atoms with Crippen molar-refractivity contribution in [1.82, 2.24) is 0 Å².